The number of hydrogen-bond donors (Lipinski definition) is 0. The molecule has 1 aliphatic carbocycles. The normalized spacial score (nSPS) is 13.2. The fourth-order valence-corrected chi connectivity index (χ4v) is 7.79. The van der Waals surface area contributed by atoms with Crippen LogP contribution in [0.5, 0.6) is 0 Å². The van der Waals surface area contributed by atoms with Crippen LogP contribution >= 0.6 is 11.7 Å². The predicted octanol–water partition coefficient (Wildman–Crippen LogP) is 11.4. The second-order valence-corrected chi connectivity index (χ2v) is 12.8. The first-order chi connectivity index (χ1) is 21.1. The van der Waals surface area contributed by atoms with Crippen LogP contribution in [-0.2, 0) is 5.41 Å². The molecule has 0 saturated heterocycles. The van der Waals surface area contributed by atoms with Crippen molar-refractivity contribution in [2.75, 3.05) is 0 Å². The average molecular weight is 584 g/mol. The molecule has 218 valence electrons. The lowest BCUT2D eigenvalue weighted by Gasteiger charge is -2.33. The fourth-order valence-electron chi connectivity index (χ4n) is 7.17. The summed E-state index contributed by atoms with van der Waals surface area (Å²) in [6.45, 7) is 6.72. The topological polar surface area (TPSA) is 49.6 Å². The average Bonchev–Trinajstić information content (AvgIpc) is 3.64. The summed E-state index contributed by atoms with van der Waals surface area (Å²) in [6, 6.07) is 29.0. The van der Waals surface area contributed by atoms with Gasteiger partial charge in [-0.25, -0.2) is 0 Å². The molecule has 4 aromatic carbocycles. The molecule has 3 nitrogen and oxygen atoms in total. The standard InChI is InChI=1S/C39H41N3S/c1-4-6-8-10-22-39(23-11-9-7-5-2)35-24-30(29-15-13-28(26-40)14-16-29)17-20-33(35)34-21-18-31(25-36(34)39)32-19-12-27(3)37-38(32)42-43-41-37/h12-21,24-25H,4-11,22-23H2,1-3H3. The zero-order valence-corrected chi connectivity index (χ0v) is 26.6. The number of rotatable bonds is 12. The van der Waals surface area contributed by atoms with Gasteiger partial charge in [-0.1, -0.05) is 114 Å². The maximum atomic E-state index is 9.34. The van der Waals surface area contributed by atoms with Gasteiger partial charge in [-0.2, -0.15) is 14.0 Å². The molecule has 4 heteroatoms. The van der Waals surface area contributed by atoms with Gasteiger partial charge in [0.1, 0.15) is 11.0 Å². The van der Waals surface area contributed by atoms with E-state index in [4.69, 9.17) is 4.37 Å². The summed E-state index contributed by atoms with van der Waals surface area (Å²) in [5, 5.41) is 9.34. The third-order valence-electron chi connectivity index (χ3n) is 9.55. The van der Waals surface area contributed by atoms with E-state index in [1.165, 1.54) is 126 Å². The quantitative estimate of drug-likeness (QED) is 0.137. The van der Waals surface area contributed by atoms with Gasteiger partial charge < -0.3 is 0 Å². The first-order valence-electron chi connectivity index (χ1n) is 16.1. The van der Waals surface area contributed by atoms with Crippen LogP contribution in [0.25, 0.3) is 44.4 Å². The SMILES string of the molecule is CCCCCCC1(CCCCCC)c2cc(-c3ccc(C#N)cc3)ccc2-c2ccc(-c3ccc(C)c4nsnc34)cc21. The molecule has 5 aromatic rings. The fraction of sp³-hybridized carbons (Fsp3) is 0.359. The van der Waals surface area contributed by atoms with E-state index < -0.39 is 0 Å². The van der Waals surface area contributed by atoms with Crippen molar-refractivity contribution in [2.45, 2.75) is 90.4 Å². The Kier molecular flexibility index (Phi) is 8.73. The maximum Gasteiger partial charge on any atom is 0.112 e. The van der Waals surface area contributed by atoms with E-state index in [-0.39, 0.29) is 5.41 Å². The second kappa shape index (κ2) is 12.8. The maximum absolute atomic E-state index is 9.34. The highest BCUT2D eigenvalue weighted by Crippen LogP contribution is 2.56. The van der Waals surface area contributed by atoms with Crippen molar-refractivity contribution in [3.8, 4) is 39.4 Å². The summed E-state index contributed by atoms with van der Waals surface area (Å²) in [5.74, 6) is 0. The van der Waals surface area contributed by atoms with Crippen molar-refractivity contribution in [1.82, 2.24) is 8.75 Å². The highest BCUT2D eigenvalue weighted by Gasteiger charge is 2.42. The van der Waals surface area contributed by atoms with E-state index >= 15 is 0 Å². The van der Waals surface area contributed by atoms with Gasteiger partial charge in [0.25, 0.3) is 0 Å². The van der Waals surface area contributed by atoms with Gasteiger partial charge in [-0.05, 0) is 88.5 Å². The van der Waals surface area contributed by atoms with Gasteiger partial charge in [0.15, 0.2) is 0 Å². The van der Waals surface area contributed by atoms with Crippen LogP contribution in [0.15, 0.2) is 72.8 Å². The molecule has 0 unspecified atom stereocenters. The van der Waals surface area contributed by atoms with Gasteiger partial charge >= 0.3 is 0 Å². The van der Waals surface area contributed by atoms with E-state index in [2.05, 4.69) is 91.9 Å². The highest BCUT2D eigenvalue weighted by molar-refractivity contribution is 7.00. The molecule has 0 fully saturated rings. The van der Waals surface area contributed by atoms with Crippen LogP contribution in [0, 0.1) is 18.3 Å². The van der Waals surface area contributed by atoms with Crippen LogP contribution in [0.4, 0.5) is 0 Å². The molecule has 0 atom stereocenters. The molecule has 1 aliphatic rings. The molecule has 6 rings (SSSR count). The minimum absolute atomic E-state index is 0.0189. The number of nitriles is 1. The number of aromatic nitrogens is 2. The molecule has 0 radical (unpaired) electrons. The summed E-state index contributed by atoms with van der Waals surface area (Å²) in [4.78, 5) is 0. The van der Waals surface area contributed by atoms with Gasteiger partial charge in [0.05, 0.1) is 23.4 Å². The summed E-state index contributed by atoms with van der Waals surface area (Å²) in [6.07, 6.45) is 12.4. The Labute approximate surface area is 261 Å². The first kappa shape index (κ1) is 29.3. The van der Waals surface area contributed by atoms with Gasteiger partial charge in [-0.3, -0.25) is 0 Å². The van der Waals surface area contributed by atoms with Crippen LogP contribution < -0.4 is 0 Å². The Balaban J connectivity index is 1.51. The smallest absolute Gasteiger partial charge is 0.112 e. The van der Waals surface area contributed by atoms with Crippen LogP contribution in [0.1, 0.15) is 100 Å². The zero-order chi connectivity index (χ0) is 29.8. The summed E-state index contributed by atoms with van der Waals surface area (Å²) in [7, 11) is 0. The van der Waals surface area contributed by atoms with Crippen LogP contribution in [0.2, 0.25) is 0 Å². The molecule has 0 saturated carbocycles. The van der Waals surface area contributed by atoms with Crippen molar-refractivity contribution >= 4 is 22.8 Å². The van der Waals surface area contributed by atoms with Gasteiger partial charge in [0.2, 0.25) is 0 Å². The Morgan fingerprint density at radius 3 is 1.81 bits per heavy atom. The van der Waals surface area contributed by atoms with E-state index in [9.17, 15) is 5.26 Å². The molecule has 43 heavy (non-hydrogen) atoms. The molecule has 0 aliphatic heterocycles. The van der Waals surface area contributed by atoms with Gasteiger partial charge in [-0.15, -0.1) is 0 Å². The van der Waals surface area contributed by atoms with Gasteiger partial charge in [0, 0.05) is 11.0 Å². The third-order valence-corrected chi connectivity index (χ3v) is 10.1. The lowest BCUT2D eigenvalue weighted by molar-refractivity contribution is 0.401. The highest BCUT2D eigenvalue weighted by atomic mass is 32.1. The van der Waals surface area contributed by atoms with Crippen LogP contribution in [-0.4, -0.2) is 8.75 Å². The number of nitrogens with zero attached hydrogens (tertiary/aromatic N) is 3. The third kappa shape index (κ3) is 5.52. The van der Waals surface area contributed by atoms with Crippen molar-refractivity contribution < 1.29 is 0 Å². The van der Waals surface area contributed by atoms with Crippen molar-refractivity contribution in [3.05, 3.63) is 95.1 Å². The van der Waals surface area contributed by atoms with Crippen molar-refractivity contribution in [1.29, 1.82) is 5.26 Å². The number of aryl methyl sites for hydroxylation is 1. The minimum Gasteiger partial charge on any atom is -0.192 e. The van der Waals surface area contributed by atoms with Crippen LogP contribution in [0.3, 0.4) is 0 Å². The Morgan fingerprint density at radius 1 is 0.628 bits per heavy atom. The second-order valence-electron chi connectivity index (χ2n) is 12.3. The Bertz CT molecular complexity index is 1760. The summed E-state index contributed by atoms with van der Waals surface area (Å²) >= 11 is 1.31. The minimum atomic E-state index is -0.0189. The van der Waals surface area contributed by atoms with E-state index in [1.54, 1.807) is 0 Å². The lowest BCUT2D eigenvalue weighted by atomic mass is 9.70. The predicted molar refractivity (Wildman–Crippen MR) is 181 cm³/mol. The van der Waals surface area contributed by atoms with Crippen molar-refractivity contribution in [2.24, 2.45) is 0 Å². The molecular weight excluding hydrogens is 543 g/mol. The Morgan fingerprint density at radius 2 is 1.19 bits per heavy atom. The van der Waals surface area contributed by atoms with E-state index in [0.29, 0.717) is 5.56 Å². The molecule has 0 bridgehead atoms. The van der Waals surface area contributed by atoms with Crippen molar-refractivity contribution in [3.63, 3.8) is 0 Å². The summed E-state index contributed by atoms with van der Waals surface area (Å²) in [5.41, 5.74) is 14.5. The van der Waals surface area contributed by atoms with E-state index in [1.807, 2.05) is 12.1 Å². The molecule has 1 aromatic heterocycles. The molecule has 0 spiro atoms. The molecule has 0 N–H and O–H groups in total. The van der Waals surface area contributed by atoms with E-state index in [0.717, 1.165) is 11.0 Å². The largest absolute Gasteiger partial charge is 0.192 e. The molecule has 1 heterocycles. The monoisotopic (exact) mass is 583 g/mol. The number of hydrogen-bond acceptors (Lipinski definition) is 4. The Hall–Kier alpha value is -3.81. The summed E-state index contributed by atoms with van der Waals surface area (Å²) < 4.78 is 9.35. The first-order valence-corrected chi connectivity index (χ1v) is 16.8. The number of fused-ring (bicyclic) bond motifs is 4. The number of benzene rings is 4. The lowest BCUT2D eigenvalue weighted by Crippen LogP contribution is -2.25. The molecule has 0 amide bonds. The number of unbranched alkanes of at least 4 members (excludes halogenated alkanes) is 6. The molecular formula is C39H41N3S. The zero-order valence-electron chi connectivity index (χ0n) is 25.7.